The zero-order valence-electron chi connectivity index (χ0n) is 29.8. The number of nitrogens with zero attached hydrogens (tertiary/aromatic N) is 5. The Balaban J connectivity index is 1.39. The lowest BCUT2D eigenvalue weighted by Crippen LogP contribution is -2.37. The minimum absolute atomic E-state index is 0.0235. The average molecular weight is 752 g/mol. The van der Waals surface area contributed by atoms with Crippen LogP contribution in [0.5, 0.6) is 11.5 Å². The molecule has 0 spiro atoms. The number of amides is 1. The second-order valence-corrected chi connectivity index (χ2v) is 13.0. The van der Waals surface area contributed by atoms with Crippen LogP contribution in [0, 0.1) is 17.0 Å². The number of morpholine rings is 1. The molecule has 0 atom stereocenters. The molecule has 18 heteroatoms. The number of benzene rings is 2. The number of rotatable bonds is 17. The Morgan fingerprint density at radius 3 is 2.53 bits per heavy atom. The molecule has 1 aliphatic heterocycles. The molecule has 1 aliphatic rings. The van der Waals surface area contributed by atoms with Crippen LogP contribution in [0.1, 0.15) is 54.4 Å². The number of aromatic nitrogens is 3. The average Bonchev–Trinajstić information content (AvgIpc) is 3.71. The van der Waals surface area contributed by atoms with Gasteiger partial charge in [-0.1, -0.05) is 19.1 Å². The Bertz CT molecular complexity index is 2020. The second-order valence-electron chi connectivity index (χ2n) is 11.8. The topological polar surface area (TPSA) is 210 Å². The molecule has 0 unspecified atom stereocenters. The molecular weight excluding hydrogens is 710 g/mol. The summed E-state index contributed by atoms with van der Waals surface area (Å²) >= 11 is 1.26. The maximum atomic E-state index is 13.4. The first-order valence-corrected chi connectivity index (χ1v) is 17.7. The third-order valence-corrected chi connectivity index (χ3v) is 9.39. The van der Waals surface area contributed by atoms with E-state index in [2.05, 4.69) is 25.5 Å². The van der Waals surface area contributed by atoms with Crippen molar-refractivity contribution in [1.29, 1.82) is 0 Å². The molecule has 5 rings (SSSR count). The monoisotopic (exact) mass is 751 g/mol. The molecular formula is C35H41N7O10S. The van der Waals surface area contributed by atoms with Gasteiger partial charge in [0.25, 0.3) is 11.6 Å². The number of fused-ring (bicyclic) bond motifs is 1. The number of anilines is 2. The highest BCUT2D eigenvalue weighted by atomic mass is 32.1. The van der Waals surface area contributed by atoms with Gasteiger partial charge in [-0.05, 0) is 38.0 Å². The van der Waals surface area contributed by atoms with Crippen LogP contribution in [0.4, 0.5) is 17.3 Å². The molecule has 53 heavy (non-hydrogen) atoms. The second kappa shape index (κ2) is 17.8. The quantitative estimate of drug-likeness (QED) is 0.0436. The highest BCUT2D eigenvalue weighted by Crippen LogP contribution is 2.37. The lowest BCUT2D eigenvalue weighted by molar-refractivity contribution is -0.384. The largest absolute Gasteiger partial charge is 0.494 e. The maximum absolute atomic E-state index is 13.4. The summed E-state index contributed by atoms with van der Waals surface area (Å²) in [5, 5.41) is 28.5. The van der Waals surface area contributed by atoms with Gasteiger partial charge in [0.15, 0.2) is 5.69 Å². The molecule has 282 valence electrons. The summed E-state index contributed by atoms with van der Waals surface area (Å²) in [6.45, 7) is 7.93. The number of carboxylic acid groups (broad SMARTS) is 1. The number of methoxy groups -OCH3 is 2. The van der Waals surface area contributed by atoms with E-state index in [-0.39, 0.29) is 65.2 Å². The number of allylic oxidation sites excluding steroid dienone is 1. The number of thiazole rings is 1. The van der Waals surface area contributed by atoms with Crippen LogP contribution in [0.2, 0.25) is 0 Å². The number of esters is 1. The van der Waals surface area contributed by atoms with E-state index >= 15 is 0 Å². The van der Waals surface area contributed by atoms with Crippen LogP contribution >= 0.6 is 11.3 Å². The predicted octanol–water partition coefficient (Wildman–Crippen LogP) is 4.79. The molecule has 2 aromatic carbocycles. The zero-order valence-corrected chi connectivity index (χ0v) is 30.6. The number of aromatic carboxylic acids is 1. The van der Waals surface area contributed by atoms with Gasteiger partial charge in [-0.3, -0.25) is 25.1 Å². The van der Waals surface area contributed by atoms with E-state index in [4.69, 9.17) is 18.9 Å². The fraction of sp³-hybridized carbons (Fsp3) is 0.400. The van der Waals surface area contributed by atoms with Crippen LogP contribution in [-0.4, -0.2) is 108 Å². The SMILES string of the molecule is CCc1nc(C)sc1C(=O)Nc1nc2cc(C(=O)O)cc(OC)c2n1CC=CCNc1c(OCCCN2CCOCC2)cc(C(=O)OC)cc1[N+](=O)[O-]. The smallest absolute Gasteiger partial charge is 0.338 e. The summed E-state index contributed by atoms with van der Waals surface area (Å²) in [6.07, 6.45) is 4.67. The number of hydrogen-bond acceptors (Lipinski definition) is 14. The van der Waals surface area contributed by atoms with Gasteiger partial charge >= 0.3 is 11.9 Å². The van der Waals surface area contributed by atoms with Gasteiger partial charge in [0, 0.05) is 38.8 Å². The molecule has 0 aliphatic carbocycles. The first kappa shape index (κ1) is 38.6. The molecule has 1 saturated heterocycles. The van der Waals surface area contributed by atoms with Gasteiger partial charge in [-0.25, -0.2) is 19.6 Å². The number of carbonyl (C=O) groups is 3. The Hall–Kier alpha value is -5.59. The molecule has 3 N–H and O–H groups in total. The summed E-state index contributed by atoms with van der Waals surface area (Å²) in [6, 6.07) is 5.32. The normalized spacial score (nSPS) is 13.3. The summed E-state index contributed by atoms with van der Waals surface area (Å²) in [5.41, 5.74) is 1.05. The number of carbonyl (C=O) groups excluding carboxylic acids is 2. The van der Waals surface area contributed by atoms with Crippen LogP contribution in [0.3, 0.4) is 0 Å². The molecule has 1 fully saturated rings. The van der Waals surface area contributed by atoms with Crippen molar-refractivity contribution in [3.05, 3.63) is 73.2 Å². The van der Waals surface area contributed by atoms with Gasteiger partial charge < -0.3 is 33.9 Å². The third kappa shape index (κ3) is 9.26. The van der Waals surface area contributed by atoms with Crippen LogP contribution in [0.25, 0.3) is 11.0 Å². The van der Waals surface area contributed by atoms with E-state index < -0.39 is 22.8 Å². The fourth-order valence-electron chi connectivity index (χ4n) is 5.82. The van der Waals surface area contributed by atoms with E-state index in [1.165, 1.54) is 43.8 Å². The molecule has 4 aromatic rings. The maximum Gasteiger partial charge on any atom is 0.338 e. The minimum Gasteiger partial charge on any atom is -0.494 e. The number of ether oxygens (including phenoxy) is 4. The number of nitro groups is 1. The van der Waals surface area contributed by atoms with Crippen LogP contribution in [-0.2, 0) is 22.4 Å². The lowest BCUT2D eigenvalue weighted by atomic mass is 10.1. The van der Waals surface area contributed by atoms with Crippen molar-refractivity contribution in [3.63, 3.8) is 0 Å². The number of imidazole rings is 1. The summed E-state index contributed by atoms with van der Waals surface area (Å²) in [7, 11) is 2.60. The van der Waals surface area contributed by atoms with Gasteiger partial charge in [0.2, 0.25) is 5.95 Å². The number of hydrogen-bond donors (Lipinski definition) is 3. The third-order valence-electron chi connectivity index (χ3n) is 8.37. The number of nitro benzene ring substituents is 1. The number of aryl methyl sites for hydroxylation is 2. The zero-order chi connectivity index (χ0) is 38.1. The Morgan fingerprint density at radius 1 is 1.09 bits per heavy atom. The molecule has 0 saturated carbocycles. The highest BCUT2D eigenvalue weighted by Gasteiger charge is 2.25. The van der Waals surface area contributed by atoms with Crippen molar-refractivity contribution < 1.29 is 43.4 Å². The summed E-state index contributed by atoms with van der Waals surface area (Å²) in [5.74, 6) is -1.80. The van der Waals surface area contributed by atoms with Gasteiger partial charge in [0.1, 0.15) is 21.9 Å². The van der Waals surface area contributed by atoms with Crippen molar-refractivity contribution in [2.45, 2.75) is 33.2 Å². The molecule has 17 nitrogen and oxygen atoms in total. The summed E-state index contributed by atoms with van der Waals surface area (Å²) < 4.78 is 23.4. The van der Waals surface area contributed by atoms with Gasteiger partial charge in [0.05, 0.1) is 66.3 Å². The van der Waals surface area contributed by atoms with Crippen molar-refractivity contribution >= 4 is 57.5 Å². The Kier molecular flexibility index (Phi) is 12.9. The van der Waals surface area contributed by atoms with E-state index in [0.717, 1.165) is 30.7 Å². The fourth-order valence-corrected chi connectivity index (χ4v) is 6.72. The van der Waals surface area contributed by atoms with Gasteiger partial charge in [-0.2, -0.15) is 0 Å². The van der Waals surface area contributed by atoms with Crippen molar-refractivity contribution in [2.75, 3.05) is 70.9 Å². The van der Waals surface area contributed by atoms with E-state index in [9.17, 15) is 29.6 Å². The number of carboxylic acids is 1. The van der Waals surface area contributed by atoms with Crippen LogP contribution in [0.15, 0.2) is 36.4 Å². The van der Waals surface area contributed by atoms with E-state index in [1.54, 1.807) is 16.7 Å². The molecule has 3 heterocycles. The Morgan fingerprint density at radius 2 is 1.85 bits per heavy atom. The number of nitrogens with one attached hydrogen (secondary N) is 2. The van der Waals surface area contributed by atoms with E-state index in [0.29, 0.717) is 42.1 Å². The van der Waals surface area contributed by atoms with Crippen molar-refractivity contribution in [1.82, 2.24) is 19.4 Å². The minimum atomic E-state index is -1.17. The molecule has 0 bridgehead atoms. The van der Waals surface area contributed by atoms with Crippen molar-refractivity contribution in [2.24, 2.45) is 0 Å². The first-order valence-electron chi connectivity index (χ1n) is 16.9. The summed E-state index contributed by atoms with van der Waals surface area (Å²) in [4.78, 5) is 60.9. The molecule has 0 radical (unpaired) electrons. The Labute approximate surface area is 308 Å². The lowest BCUT2D eigenvalue weighted by Gasteiger charge is -2.26. The van der Waals surface area contributed by atoms with E-state index in [1.807, 2.05) is 13.8 Å². The van der Waals surface area contributed by atoms with Crippen LogP contribution < -0.4 is 20.1 Å². The highest BCUT2D eigenvalue weighted by molar-refractivity contribution is 7.13. The van der Waals surface area contributed by atoms with Gasteiger partial charge in [-0.15, -0.1) is 11.3 Å². The predicted molar refractivity (Wildman–Crippen MR) is 197 cm³/mol. The molecule has 2 aromatic heterocycles. The van der Waals surface area contributed by atoms with Crippen molar-refractivity contribution in [3.8, 4) is 11.5 Å². The standard InChI is InChI=1S/C35H41N7O10S/c1-5-24-31(53-21(2)37-24)32(43)39-35-38-25-17-22(33(44)45)19-28(49-3)30(25)41(35)11-7-6-9-36-29-26(42(47)48)18-23(34(46)50-4)20-27(29)52-14-8-10-40-12-15-51-16-13-40/h6-7,17-20,36H,5,8-16H2,1-4H3,(H,44,45)(H,38,39,43). The molecule has 1 amide bonds. The first-order chi connectivity index (χ1) is 25.5.